The Morgan fingerprint density at radius 2 is 1.61 bits per heavy atom. The van der Waals surface area contributed by atoms with E-state index in [-0.39, 0.29) is 30.8 Å². The van der Waals surface area contributed by atoms with Crippen molar-refractivity contribution < 1.29 is 24.2 Å². The minimum atomic E-state index is -0.584. The third kappa shape index (κ3) is 7.79. The second-order valence-corrected chi connectivity index (χ2v) is 13.6. The number of rotatable bonds is 10. The Morgan fingerprint density at radius 3 is 2.35 bits per heavy atom. The van der Waals surface area contributed by atoms with E-state index in [2.05, 4.69) is 62.1 Å². The molecule has 0 aromatic heterocycles. The molecule has 0 unspecified atom stereocenters. The fourth-order valence-electron chi connectivity index (χ4n) is 7.59. The summed E-state index contributed by atoms with van der Waals surface area (Å²) in [4.78, 5) is 29.9. The lowest BCUT2D eigenvalue weighted by Gasteiger charge is -2.45. The highest BCUT2D eigenvalue weighted by molar-refractivity contribution is 5.93. The van der Waals surface area contributed by atoms with Gasteiger partial charge in [0.05, 0.1) is 25.5 Å². The summed E-state index contributed by atoms with van der Waals surface area (Å²) in [7, 11) is 0. The van der Waals surface area contributed by atoms with Crippen LogP contribution in [0.25, 0.3) is 11.1 Å². The lowest BCUT2D eigenvalue weighted by molar-refractivity contribution is -0.253. The zero-order valence-corrected chi connectivity index (χ0v) is 29.1. The largest absolute Gasteiger partial charge is 0.392 e. The molecule has 3 aliphatic rings. The molecule has 0 saturated carbocycles. The van der Waals surface area contributed by atoms with Gasteiger partial charge in [0.2, 0.25) is 5.91 Å². The van der Waals surface area contributed by atoms with Crippen LogP contribution in [0, 0.1) is 0 Å². The van der Waals surface area contributed by atoms with Gasteiger partial charge < -0.3 is 40.3 Å². The van der Waals surface area contributed by atoms with Crippen LogP contribution in [0.1, 0.15) is 60.8 Å². The molecule has 0 bridgehead atoms. The van der Waals surface area contributed by atoms with Gasteiger partial charge >= 0.3 is 6.03 Å². The van der Waals surface area contributed by atoms with Gasteiger partial charge in [-0.2, -0.15) is 0 Å². The number of amides is 3. The van der Waals surface area contributed by atoms with Crippen LogP contribution in [0.4, 0.5) is 10.5 Å². The number of para-hydroxylation sites is 1. The Balaban J connectivity index is 1.08. The number of aliphatic hydroxyl groups excluding tert-OH is 1. The van der Waals surface area contributed by atoms with Crippen molar-refractivity contribution in [2.75, 3.05) is 37.7 Å². The standard InChI is InChI=1S/C41H47N5O5/c1-2-42-40(49)43-25-30-8-6-9-32(22-30)33-10-7-11-34(23-33)38-50-36(24-37(51-38)31-16-14-29(27-47)15-17-31)26-45-20-18-41(19-21-45)39(48)44-28-46(41)35-12-4-3-5-13-35/h3-17,22-23,36-38,47H,2,18-21,24-28H2,1H3,(H,44,48)(H2,42,43,49)/t36-,37+,38+/m0/s1. The summed E-state index contributed by atoms with van der Waals surface area (Å²) in [5, 5.41) is 18.4. The topological polar surface area (TPSA) is 115 Å². The lowest BCUT2D eigenvalue weighted by atomic mass is 9.85. The van der Waals surface area contributed by atoms with Crippen LogP contribution in [0.15, 0.2) is 103 Å². The number of hydrogen-bond donors (Lipinski definition) is 4. The van der Waals surface area contributed by atoms with Crippen molar-refractivity contribution >= 4 is 17.6 Å². The van der Waals surface area contributed by atoms with Gasteiger partial charge in [-0.1, -0.05) is 78.9 Å². The summed E-state index contributed by atoms with van der Waals surface area (Å²) in [6, 6.07) is 34.4. The summed E-state index contributed by atoms with van der Waals surface area (Å²) in [6.07, 6.45) is 1.29. The predicted octanol–water partition coefficient (Wildman–Crippen LogP) is 5.64. The van der Waals surface area contributed by atoms with Crippen LogP contribution in [-0.4, -0.2) is 66.4 Å². The van der Waals surface area contributed by atoms with Crippen molar-refractivity contribution in [1.29, 1.82) is 0 Å². The maximum atomic E-state index is 13.3. The maximum absolute atomic E-state index is 13.3. The number of carbonyl (C=O) groups excluding carboxylic acids is 2. The SMILES string of the molecule is CCNC(=O)NCc1cccc(-c2cccc([C@@H]3O[C@H](CN4CCC5(CC4)C(=O)NCN5c4ccccc4)C[C@H](c4ccc(CO)cc4)O3)c2)c1. The number of likely N-dealkylation sites (tertiary alicyclic amines) is 1. The molecule has 4 aromatic rings. The zero-order chi connectivity index (χ0) is 35.2. The van der Waals surface area contributed by atoms with E-state index in [9.17, 15) is 14.7 Å². The molecule has 10 heteroatoms. The number of nitrogens with zero attached hydrogens (tertiary/aromatic N) is 2. The van der Waals surface area contributed by atoms with E-state index in [0.717, 1.165) is 71.5 Å². The van der Waals surface area contributed by atoms with Gasteiger partial charge in [-0.05, 0) is 71.8 Å². The second-order valence-electron chi connectivity index (χ2n) is 13.6. The van der Waals surface area contributed by atoms with E-state index in [1.54, 1.807) is 0 Å². The molecule has 51 heavy (non-hydrogen) atoms. The number of piperidine rings is 1. The number of anilines is 1. The number of hydrogen-bond acceptors (Lipinski definition) is 7. The Morgan fingerprint density at radius 1 is 0.863 bits per heavy atom. The highest BCUT2D eigenvalue weighted by Gasteiger charge is 2.50. The monoisotopic (exact) mass is 689 g/mol. The number of benzene rings is 4. The molecule has 3 heterocycles. The van der Waals surface area contributed by atoms with Crippen molar-refractivity contribution in [1.82, 2.24) is 20.9 Å². The van der Waals surface area contributed by atoms with Crippen LogP contribution < -0.4 is 20.9 Å². The minimum absolute atomic E-state index is 0.00761. The second kappa shape index (κ2) is 15.7. The summed E-state index contributed by atoms with van der Waals surface area (Å²) >= 11 is 0. The molecule has 7 rings (SSSR count). The Kier molecular flexibility index (Phi) is 10.6. The number of carbonyl (C=O) groups is 2. The predicted molar refractivity (Wildman–Crippen MR) is 197 cm³/mol. The smallest absolute Gasteiger partial charge is 0.315 e. The average Bonchev–Trinajstić information content (AvgIpc) is 3.49. The van der Waals surface area contributed by atoms with Crippen LogP contribution >= 0.6 is 0 Å². The highest BCUT2D eigenvalue weighted by Crippen LogP contribution is 2.41. The van der Waals surface area contributed by atoms with Crippen LogP contribution in [0.3, 0.4) is 0 Å². The van der Waals surface area contributed by atoms with Crippen molar-refractivity contribution in [2.45, 2.75) is 63.4 Å². The normalized spacial score (nSPS) is 21.7. The molecule has 0 aliphatic carbocycles. The first kappa shape index (κ1) is 34.7. The summed E-state index contributed by atoms with van der Waals surface area (Å²) < 4.78 is 13.4. The molecule has 4 N–H and O–H groups in total. The van der Waals surface area contributed by atoms with Crippen LogP contribution in [0.5, 0.6) is 0 Å². The zero-order valence-electron chi connectivity index (χ0n) is 29.1. The first-order valence-electron chi connectivity index (χ1n) is 18.0. The molecule has 3 fully saturated rings. The van der Waals surface area contributed by atoms with E-state index in [1.165, 1.54) is 0 Å². The number of aliphatic hydroxyl groups is 1. The van der Waals surface area contributed by atoms with Crippen molar-refractivity contribution in [2.24, 2.45) is 0 Å². The number of urea groups is 1. The molecule has 4 aromatic carbocycles. The van der Waals surface area contributed by atoms with E-state index >= 15 is 0 Å². The average molecular weight is 690 g/mol. The van der Waals surface area contributed by atoms with Gasteiger partial charge in [0.1, 0.15) is 5.54 Å². The molecular formula is C41H47N5O5. The Hall–Kier alpha value is -4.74. The van der Waals surface area contributed by atoms with Crippen molar-refractivity contribution in [3.63, 3.8) is 0 Å². The molecule has 10 nitrogen and oxygen atoms in total. The highest BCUT2D eigenvalue weighted by atomic mass is 16.7. The molecule has 0 radical (unpaired) electrons. The van der Waals surface area contributed by atoms with Crippen LogP contribution in [-0.2, 0) is 27.4 Å². The Bertz CT molecular complexity index is 1790. The third-order valence-electron chi connectivity index (χ3n) is 10.4. The Labute approximate surface area is 299 Å². The molecule has 1 spiro atoms. The van der Waals surface area contributed by atoms with Gasteiger partial charge in [-0.3, -0.25) is 4.79 Å². The van der Waals surface area contributed by atoms with Gasteiger partial charge in [-0.15, -0.1) is 0 Å². The molecule has 3 aliphatic heterocycles. The van der Waals surface area contributed by atoms with E-state index in [0.29, 0.717) is 26.2 Å². The van der Waals surface area contributed by atoms with Gasteiger partial charge in [-0.25, -0.2) is 4.79 Å². The van der Waals surface area contributed by atoms with Crippen molar-refractivity contribution in [3.8, 4) is 11.1 Å². The first-order chi connectivity index (χ1) is 24.9. The van der Waals surface area contributed by atoms with Crippen LogP contribution in [0.2, 0.25) is 0 Å². The number of ether oxygens (including phenoxy) is 2. The maximum Gasteiger partial charge on any atom is 0.315 e. The molecular weight excluding hydrogens is 642 g/mol. The molecule has 3 amide bonds. The van der Waals surface area contributed by atoms with E-state index in [1.807, 2.05) is 73.7 Å². The molecule has 3 atom stereocenters. The van der Waals surface area contributed by atoms with E-state index in [4.69, 9.17) is 9.47 Å². The summed E-state index contributed by atoms with van der Waals surface area (Å²) in [5.41, 5.74) is 6.45. The fraction of sp³-hybridized carbons (Fsp3) is 0.366. The van der Waals surface area contributed by atoms with Gasteiger partial charge in [0.15, 0.2) is 6.29 Å². The molecule has 266 valence electrons. The van der Waals surface area contributed by atoms with Gasteiger partial charge in [0.25, 0.3) is 0 Å². The quantitative estimate of drug-likeness (QED) is 0.171. The lowest BCUT2D eigenvalue weighted by Crippen LogP contribution is -2.57. The van der Waals surface area contributed by atoms with Crippen molar-refractivity contribution in [3.05, 3.63) is 125 Å². The van der Waals surface area contributed by atoms with Gasteiger partial charge in [0, 0.05) is 50.4 Å². The first-order valence-corrected chi connectivity index (χ1v) is 18.0. The minimum Gasteiger partial charge on any atom is -0.392 e. The van der Waals surface area contributed by atoms with E-state index < -0.39 is 11.8 Å². The number of nitrogens with one attached hydrogen (secondary N) is 3. The third-order valence-corrected chi connectivity index (χ3v) is 10.4. The summed E-state index contributed by atoms with van der Waals surface area (Å²) in [6.45, 7) is 5.73. The summed E-state index contributed by atoms with van der Waals surface area (Å²) in [5.74, 6) is 0.114. The fourth-order valence-corrected chi connectivity index (χ4v) is 7.59. The molecule has 3 saturated heterocycles.